The van der Waals surface area contributed by atoms with E-state index in [0.717, 1.165) is 5.56 Å². The molecule has 0 amide bonds. The number of rotatable bonds is 3. The molecule has 0 radical (unpaired) electrons. The average Bonchev–Trinajstić information content (AvgIpc) is 2.99. The molecule has 0 N–H and O–H groups in total. The summed E-state index contributed by atoms with van der Waals surface area (Å²) in [6, 6.07) is 27.1. The Morgan fingerprint density at radius 2 is 1.24 bits per heavy atom. The third-order valence-electron chi connectivity index (χ3n) is 4.90. The Morgan fingerprint density at radius 1 is 0.600 bits per heavy atom. The quantitative estimate of drug-likeness (QED) is 0.410. The van der Waals surface area contributed by atoms with Gasteiger partial charge in [-0.1, -0.05) is 0 Å². The van der Waals surface area contributed by atoms with Crippen molar-refractivity contribution in [3.63, 3.8) is 0 Å². The first-order chi connectivity index (χ1) is 12.4. The third kappa shape index (κ3) is 2.06. The molecule has 1 aliphatic rings. The van der Waals surface area contributed by atoms with Crippen LogP contribution in [0.3, 0.4) is 0 Å². The van der Waals surface area contributed by atoms with Crippen molar-refractivity contribution in [2.24, 2.45) is 0 Å². The molecule has 2 nitrogen and oxygen atoms in total. The van der Waals surface area contributed by atoms with Crippen LogP contribution in [-0.4, -0.2) is 7.35 Å². The van der Waals surface area contributed by atoms with Crippen LogP contribution in [0.1, 0.15) is 0 Å². The molecule has 0 unspecified atom stereocenters. The number of hydrogen-bond donors (Lipinski definition) is 0. The maximum absolute atomic E-state index is 10.5. The normalized spacial score (nSPS) is 11.2. The summed E-state index contributed by atoms with van der Waals surface area (Å²) in [5.41, 5.74) is 7.49. The molecule has 0 fully saturated rings. The van der Waals surface area contributed by atoms with Gasteiger partial charge in [-0.05, 0) is 0 Å². The zero-order chi connectivity index (χ0) is 16.8. The molecule has 0 atom stereocenters. The summed E-state index contributed by atoms with van der Waals surface area (Å²) < 4.78 is 15.4. The van der Waals surface area contributed by atoms with Gasteiger partial charge in [0.05, 0.1) is 0 Å². The van der Waals surface area contributed by atoms with Crippen molar-refractivity contribution in [3.05, 3.63) is 78.9 Å². The zero-order valence-electron chi connectivity index (χ0n) is 13.4. The predicted octanol–water partition coefficient (Wildman–Crippen LogP) is 5.50. The van der Waals surface area contributed by atoms with Gasteiger partial charge in [-0.2, -0.15) is 0 Å². The van der Waals surface area contributed by atoms with Gasteiger partial charge in [0.25, 0.3) is 0 Å². The Bertz CT molecular complexity index is 1100. The van der Waals surface area contributed by atoms with Gasteiger partial charge in [0.2, 0.25) is 0 Å². The molecule has 3 heteroatoms. The molecule has 1 aliphatic carbocycles. The first-order valence-corrected chi connectivity index (χ1v) is 8.23. The fraction of sp³-hybridized carbons (Fsp3) is 0. The zero-order valence-corrected chi connectivity index (χ0v) is 13.4. The Morgan fingerprint density at radius 3 is 1.96 bits per heavy atom. The molecule has 25 heavy (non-hydrogen) atoms. The van der Waals surface area contributed by atoms with E-state index in [1.54, 1.807) is 0 Å². The van der Waals surface area contributed by atoms with Gasteiger partial charge < -0.3 is 0 Å². The molecule has 0 aromatic heterocycles. The summed E-state index contributed by atoms with van der Waals surface area (Å²) in [6.07, 6.45) is 0. The predicted molar refractivity (Wildman–Crippen MR) is 101 cm³/mol. The van der Waals surface area contributed by atoms with Crippen molar-refractivity contribution in [3.8, 4) is 39.1 Å². The summed E-state index contributed by atoms with van der Waals surface area (Å²) >= 11 is 0. The van der Waals surface area contributed by atoms with Crippen LogP contribution in [0.2, 0.25) is 0 Å². The topological polar surface area (TPSA) is 26.3 Å². The van der Waals surface area contributed by atoms with Crippen LogP contribution in [-0.2, 0) is 4.70 Å². The van der Waals surface area contributed by atoms with E-state index >= 15 is 0 Å². The van der Waals surface area contributed by atoms with E-state index in [1.165, 1.54) is 38.6 Å². The number of hydrogen-bond acceptors (Lipinski definition) is 2. The second-order valence-electron chi connectivity index (χ2n) is 6.17. The van der Waals surface area contributed by atoms with Gasteiger partial charge in [-0.3, -0.25) is 0 Å². The molecule has 4 aromatic rings. The van der Waals surface area contributed by atoms with E-state index < -0.39 is 0 Å². The van der Waals surface area contributed by atoms with E-state index in [2.05, 4.69) is 54.6 Å². The van der Waals surface area contributed by atoms with E-state index in [-0.39, 0.29) is 0 Å². The number of benzene rings is 4. The van der Waals surface area contributed by atoms with E-state index in [0.29, 0.717) is 13.1 Å². The second kappa shape index (κ2) is 5.42. The fourth-order valence-electron chi connectivity index (χ4n) is 3.83. The van der Waals surface area contributed by atoms with Crippen LogP contribution >= 0.6 is 0 Å². The first-order valence-electron chi connectivity index (χ1n) is 8.23. The van der Waals surface area contributed by atoms with E-state index in [9.17, 15) is 4.70 Å². The number of fused-ring (bicyclic) bond motifs is 3. The van der Waals surface area contributed by atoms with Gasteiger partial charge in [0.15, 0.2) is 0 Å². The van der Waals surface area contributed by atoms with Crippen molar-refractivity contribution in [1.82, 2.24) is 0 Å². The third-order valence-corrected chi connectivity index (χ3v) is 4.90. The fourth-order valence-corrected chi connectivity index (χ4v) is 3.83. The molecular weight excluding hydrogens is 307 g/mol. The SMILES string of the molecule is O=BOc1ccc(-c2ccc3c4c(cccc24)-c2ccccc2-3)cc1. The first kappa shape index (κ1) is 14.2. The molecule has 0 saturated heterocycles. The van der Waals surface area contributed by atoms with Crippen LogP contribution in [0, 0.1) is 0 Å². The van der Waals surface area contributed by atoms with Gasteiger partial charge in [0, 0.05) is 0 Å². The van der Waals surface area contributed by atoms with Gasteiger partial charge >= 0.3 is 145 Å². The van der Waals surface area contributed by atoms with Gasteiger partial charge in [-0.15, -0.1) is 0 Å². The minimum atomic E-state index is 0.450. The van der Waals surface area contributed by atoms with Crippen molar-refractivity contribution in [2.45, 2.75) is 0 Å². The summed E-state index contributed by atoms with van der Waals surface area (Å²) in [4.78, 5) is 0. The van der Waals surface area contributed by atoms with Crippen molar-refractivity contribution >= 4 is 18.1 Å². The van der Waals surface area contributed by atoms with Crippen molar-refractivity contribution < 1.29 is 9.36 Å². The van der Waals surface area contributed by atoms with Crippen LogP contribution < -0.4 is 4.65 Å². The van der Waals surface area contributed by atoms with Crippen LogP contribution in [0.5, 0.6) is 5.75 Å². The molecule has 116 valence electrons. The molecule has 5 rings (SSSR count). The van der Waals surface area contributed by atoms with Crippen LogP contribution in [0.4, 0.5) is 0 Å². The molecule has 0 bridgehead atoms. The van der Waals surface area contributed by atoms with Gasteiger partial charge in [0.1, 0.15) is 0 Å². The molecule has 0 spiro atoms. The average molecular weight is 320 g/mol. The maximum atomic E-state index is 10.5. The van der Waals surface area contributed by atoms with E-state index in [1.807, 2.05) is 24.3 Å². The van der Waals surface area contributed by atoms with Crippen molar-refractivity contribution in [2.75, 3.05) is 0 Å². The van der Waals surface area contributed by atoms with E-state index in [4.69, 9.17) is 4.65 Å². The monoisotopic (exact) mass is 320 g/mol. The van der Waals surface area contributed by atoms with Crippen molar-refractivity contribution in [1.29, 1.82) is 0 Å². The summed E-state index contributed by atoms with van der Waals surface area (Å²) in [5.74, 6) is 0.553. The Hall–Kier alpha value is -3.20. The molecule has 4 aromatic carbocycles. The minimum absolute atomic E-state index is 0.450. The standard InChI is InChI=1S/C22H13BO2/c24-23-25-15-10-8-14(9-11-15)16-12-13-21-18-5-2-1-4-17(18)20-7-3-6-19(16)22(20)21/h1-13H. The van der Waals surface area contributed by atoms with Crippen LogP contribution in [0.25, 0.3) is 44.2 Å². The van der Waals surface area contributed by atoms with Gasteiger partial charge in [-0.25, -0.2) is 0 Å². The Balaban J connectivity index is 1.75. The molecular formula is C22H13BO2. The summed E-state index contributed by atoms with van der Waals surface area (Å²) in [7, 11) is 0.450. The van der Waals surface area contributed by atoms with Crippen LogP contribution in [0.15, 0.2) is 78.9 Å². The molecule has 0 aliphatic heterocycles. The second-order valence-corrected chi connectivity index (χ2v) is 6.17. The Kier molecular flexibility index (Phi) is 3.07. The molecule has 0 heterocycles. The summed E-state index contributed by atoms with van der Waals surface area (Å²) in [6.45, 7) is 0. The Labute approximate surface area is 146 Å². The molecule has 0 saturated carbocycles. The summed E-state index contributed by atoms with van der Waals surface area (Å²) in [5, 5.41) is 2.56.